The summed E-state index contributed by atoms with van der Waals surface area (Å²) in [5.41, 5.74) is 5.75. The highest BCUT2D eigenvalue weighted by Gasteiger charge is 2.15. The van der Waals surface area contributed by atoms with Crippen LogP contribution in [0.4, 0.5) is 5.82 Å². The van der Waals surface area contributed by atoms with Crippen molar-refractivity contribution in [2.45, 2.75) is 33.6 Å². The van der Waals surface area contributed by atoms with Crippen LogP contribution < -0.4 is 5.32 Å². The second-order valence-corrected chi connectivity index (χ2v) is 7.69. The molecular formula is C25H26N4O. The van der Waals surface area contributed by atoms with Crippen LogP contribution in [-0.2, 0) is 0 Å². The van der Waals surface area contributed by atoms with Crippen molar-refractivity contribution in [3.05, 3.63) is 66.0 Å². The first-order valence-corrected chi connectivity index (χ1v) is 10.3. The zero-order chi connectivity index (χ0) is 21.1. The number of hydrogen-bond acceptors (Lipinski definition) is 5. The van der Waals surface area contributed by atoms with Gasteiger partial charge in [-0.3, -0.25) is 4.98 Å². The average Bonchev–Trinajstić information content (AvgIpc) is 2.74. The van der Waals surface area contributed by atoms with E-state index in [1.54, 1.807) is 18.5 Å². The van der Waals surface area contributed by atoms with E-state index in [-0.39, 0.29) is 5.75 Å². The number of pyridine rings is 1. The third kappa shape index (κ3) is 4.10. The number of phenols is 1. The average molecular weight is 399 g/mol. The molecule has 0 aliphatic rings. The fourth-order valence-corrected chi connectivity index (χ4v) is 3.66. The van der Waals surface area contributed by atoms with E-state index in [0.29, 0.717) is 11.3 Å². The van der Waals surface area contributed by atoms with Crippen LogP contribution in [0.5, 0.6) is 5.75 Å². The molecule has 0 atom stereocenters. The maximum absolute atomic E-state index is 10.9. The quantitative estimate of drug-likeness (QED) is 0.396. The van der Waals surface area contributed by atoms with Gasteiger partial charge < -0.3 is 10.4 Å². The zero-order valence-electron chi connectivity index (χ0n) is 17.6. The number of hydrogen-bond donors (Lipinski definition) is 2. The van der Waals surface area contributed by atoms with Crippen LogP contribution in [0, 0.1) is 13.8 Å². The zero-order valence-corrected chi connectivity index (χ0v) is 17.6. The molecule has 0 fully saturated rings. The van der Waals surface area contributed by atoms with Gasteiger partial charge in [-0.2, -0.15) is 0 Å². The molecule has 0 aliphatic carbocycles. The second kappa shape index (κ2) is 8.49. The van der Waals surface area contributed by atoms with Crippen LogP contribution in [0.15, 0.2) is 54.9 Å². The van der Waals surface area contributed by atoms with Crippen LogP contribution >= 0.6 is 0 Å². The summed E-state index contributed by atoms with van der Waals surface area (Å²) in [4.78, 5) is 13.6. The van der Waals surface area contributed by atoms with E-state index in [0.717, 1.165) is 47.3 Å². The number of nitrogens with one attached hydrogen (secondary N) is 1. The van der Waals surface area contributed by atoms with E-state index < -0.39 is 0 Å². The summed E-state index contributed by atoms with van der Waals surface area (Å²) in [6, 6.07) is 14.0. The van der Waals surface area contributed by atoms with Gasteiger partial charge in [0.1, 0.15) is 17.1 Å². The van der Waals surface area contributed by atoms with Crippen LogP contribution in [0.3, 0.4) is 0 Å². The van der Waals surface area contributed by atoms with Crippen molar-refractivity contribution in [3.63, 3.8) is 0 Å². The Balaban J connectivity index is 1.90. The molecule has 4 aromatic rings. The first kappa shape index (κ1) is 19.8. The lowest BCUT2D eigenvalue weighted by atomic mass is 9.99. The summed E-state index contributed by atoms with van der Waals surface area (Å²) in [6.07, 6.45) is 5.58. The molecule has 5 heteroatoms. The smallest absolute Gasteiger partial charge is 0.163 e. The van der Waals surface area contributed by atoms with E-state index in [1.165, 1.54) is 11.1 Å². The molecular weight excluding hydrogens is 372 g/mol. The molecule has 2 heterocycles. The van der Waals surface area contributed by atoms with Crippen molar-refractivity contribution in [3.8, 4) is 28.3 Å². The fraction of sp³-hybridized carbons (Fsp3) is 0.240. The third-order valence-electron chi connectivity index (χ3n) is 5.08. The van der Waals surface area contributed by atoms with E-state index >= 15 is 0 Å². The molecule has 2 aromatic heterocycles. The minimum Gasteiger partial charge on any atom is -0.506 e. The molecule has 0 unspecified atom stereocenters. The van der Waals surface area contributed by atoms with E-state index in [2.05, 4.69) is 60.3 Å². The summed E-state index contributed by atoms with van der Waals surface area (Å²) in [5, 5.41) is 15.1. The maximum atomic E-state index is 10.9. The molecule has 0 spiro atoms. The molecule has 152 valence electrons. The van der Waals surface area contributed by atoms with Crippen LogP contribution in [0.1, 0.15) is 30.9 Å². The Morgan fingerprint density at radius 1 is 0.933 bits per heavy atom. The largest absolute Gasteiger partial charge is 0.506 e. The number of unbranched alkanes of at least 4 members (excludes halogenated alkanes) is 1. The Morgan fingerprint density at radius 2 is 1.70 bits per heavy atom. The lowest BCUT2D eigenvalue weighted by Gasteiger charge is -2.14. The number of aromatic hydroxyl groups is 1. The molecule has 0 radical (unpaired) electrons. The summed E-state index contributed by atoms with van der Waals surface area (Å²) in [5.74, 6) is 1.42. The van der Waals surface area contributed by atoms with Crippen molar-refractivity contribution in [1.82, 2.24) is 15.0 Å². The number of rotatable bonds is 6. The first-order chi connectivity index (χ1) is 14.5. The van der Waals surface area contributed by atoms with Crippen molar-refractivity contribution in [2.24, 2.45) is 0 Å². The molecule has 0 saturated carbocycles. The van der Waals surface area contributed by atoms with Gasteiger partial charge in [-0.15, -0.1) is 0 Å². The van der Waals surface area contributed by atoms with Gasteiger partial charge in [-0.05, 0) is 55.7 Å². The monoisotopic (exact) mass is 398 g/mol. The Bertz CT molecular complexity index is 1170. The van der Waals surface area contributed by atoms with Crippen LogP contribution in [0.25, 0.3) is 33.4 Å². The minimum absolute atomic E-state index is 0.146. The Morgan fingerprint density at radius 3 is 2.40 bits per heavy atom. The molecule has 5 nitrogen and oxygen atoms in total. The Hall–Kier alpha value is -3.47. The molecule has 4 rings (SSSR count). The predicted octanol–water partition coefficient (Wildman–Crippen LogP) is 5.89. The number of fused-ring (bicyclic) bond motifs is 1. The van der Waals surface area contributed by atoms with Gasteiger partial charge in [-0.1, -0.05) is 42.7 Å². The summed E-state index contributed by atoms with van der Waals surface area (Å²) < 4.78 is 0. The van der Waals surface area contributed by atoms with Crippen molar-refractivity contribution < 1.29 is 5.11 Å². The first-order valence-electron chi connectivity index (χ1n) is 10.3. The van der Waals surface area contributed by atoms with Crippen LogP contribution in [-0.4, -0.2) is 26.6 Å². The summed E-state index contributed by atoms with van der Waals surface area (Å²) >= 11 is 0. The van der Waals surface area contributed by atoms with Gasteiger partial charge in [0.2, 0.25) is 0 Å². The lowest BCUT2D eigenvalue weighted by molar-refractivity contribution is 0.480. The number of anilines is 1. The van der Waals surface area contributed by atoms with E-state index in [1.807, 2.05) is 12.1 Å². The molecule has 0 saturated heterocycles. The SMILES string of the molecule is CCCCNc1nc(-c2cccnc2)nc2c(O)cc(-c3cc(C)cc(C)c3)cc12. The highest BCUT2D eigenvalue weighted by molar-refractivity contribution is 5.97. The lowest BCUT2D eigenvalue weighted by Crippen LogP contribution is -2.06. The highest BCUT2D eigenvalue weighted by Crippen LogP contribution is 2.35. The van der Waals surface area contributed by atoms with Crippen molar-refractivity contribution in [1.29, 1.82) is 0 Å². The molecule has 0 amide bonds. The molecule has 2 N–H and O–H groups in total. The predicted molar refractivity (Wildman–Crippen MR) is 123 cm³/mol. The van der Waals surface area contributed by atoms with Gasteiger partial charge in [0, 0.05) is 29.9 Å². The fourth-order valence-electron chi connectivity index (χ4n) is 3.66. The molecule has 0 bridgehead atoms. The number of aryl methyl sites for hydroxylation is 2. The minimum atomic E-state index is 0.146. The maximum Gasteiger partial charge on any atom is 0.163 e. The molecule has 0 aliphatic heterocycles. The number of benzene rings is 2. The van der Waals surface area contributed by atoms with Gasteiger partial charge in [0.05, 0.1) is 0 Å². The van der Waals surface area contributed by atoms with Gasteiger partial charge >= 0.3 is 0 Å². The molecule has 2 aromatic carbocycles. The number of nitrogens with zero attached hydrogens (tertiary/aromatic N) is 3. The summed E-state index contributed by atoms with van der Waals surface area (Å²) in [7, 11) is 0. The number of aromatic nitrogens is 3. The van der Waals surface area contributed by atoms with Crippen LogP contribution in [0.2, 0.25) is 0 Å². The van der Waals surface area contributed by atoms with E-state index in [4.69, 9.17) is 4.98 Å². The topological polar surface area (TPSA) is 70.9 Å². The Labute approximate surface area is 176 Å². The van der Waals surface area contributed by atoms with Crippen molar-refractivity contribution >= 4 is 16.7 Å². The standard InChI is InChI=1S/C25H26N4O/c1-4-5-9-27-25-21-13-20(19-11-16(2)10-17(3)12-19)14-22(30)23(21)28-24(29-25)18-7-6-8-26-15-18/h6-8,10-15,30H,4-5,9H2,1-3H3,(H,27,28,29). The van der Waals surface area contributed by atoms with Crippen molar-refractivity contribution in [2.75, 3.05) is 11.9 Å². The van der Waals surface area contributed by atoms with Gasteiger partial charge in [0.25, 0.3) is 0 Å². The Kier molecular flexibility index (Phi) is 5.61. The second-order valence-electron chi connectivity index (χ2n) is 7.69. The normalized spacial score (nSPS) is 11.0. The van der Waals surface area contributed by atoms with Gasteiger partial charge in [-0.25, -0.2) is 9.97 Å². The number of phenolic OH excluding ortho intramolecular Hbond substituents is 1. The third-order valence-corrected chi connectivity index (χ3v) is 5.08. The molecule has 30 heavy (non-hydrogen) atoms. The summed E-state index contributed by atoms with van der Waals surface area (Å²) in [6.45, 7) is 7.13. The van der Waals surface area contributed by atoms with Gasteiger partial charge in [0.15, 0.2) is 5.82 Å². The highest BCUT2D eigenvalue weighted by atomic mass is 16.3. The van der Waals surface area contributed by atoms with E-state index in [9.17, 15) is 5.11 Å².